The van der Waals surface area contributed by atoms with Gasteiger partial charge in [-0.15, -0.1) is 0 Å². The Kier molecular flexibility index (Phi) is 4.99. The van der Waals surface area contributed by atoms with Crippen molar-refractivity contribution in [1.82, 2.24) is 0 Å². The standard InChI is InChI=1S/C12H15BrO2/c1-3-7-15-8-12(14)10-5-4-6-11(13)9(10)2/h4-6H,3,7-8H2,1-2H3. The Morgan fingerprint density at radius 2 is 2.20 bits per heavy atom. The van der Waals surface area contributed by atoms with Crippen LogP contribution in [0.3, 0.4) is 0 Å². The van der Waals surface area contributed by atoms with Crippen LogP contribution >= 0.6 is 15.9 Å². The summed E-state index contributed by atoms with van der Waals surface area (Å²) in [7, 11) is 0. The zero-order valence-corrected chi connectivity index (χ0v) is 10.6. The van der Waals surface area contributed by atoms with Crippen LogP contribution in [0.1, 0.15) is 29.3 Å². The average Bonchev–Trinajstić information content (AvgIpc) is 2.22. The Morgan fingerprint density at radius 3 is 2.87 bits per heavy atom. The molecule has 0 heterocycles. The van der Waals surface area contributed by atoms with Gasteiger partial charge in [-0.2, -0.15) is 0 Å². The molecule has 0 spiro atoms. The molecule has 0 fully saturated rings. The summed E-state index contributed by atoms with van der Waals surface area (Å²) >= 11 is 3.40. The van der Waals surface area contributed by atoms with Crippen LogP contribution in [-0.4, -0.2) is 19.0 Å². The van der Waals surface area contributed by atoms with Gasteiger partial charge in [-0.25, -0.2) is 0 Å². The Labute approximate surface area is 98.8 Å². The minimum absolute atomic E-state index is 0.0438. The lowest BCUT2D eigenvalue weighted by molar-refractivity contribution is 0.0760. The molecule has 1 aromatic rings. The van der Waals surface area contributed by atoms with Crippen molar-refractivity contribution in [3.8, 4) is 0 Å². The van der Waals surface area contributed by atoms with Crippen LogP contribution < -0.4 is 0 Å². The first-order chi connectivity index (χ1) is 7.16. The summed E-state index contributed by atoms with van der Waals surface area (Å²) in [5.41, 5.74) is 1.71. The van der Waals surface area contributed by atoms with E-state index in [2.05, 4.69) is 15.9 Å². The Balaban J connectivity index is 2.69. The number of rotatable bonds is 5. The highest BCUT2D eigenvalue weighted by atomic mass is 79.9. The van der Waals surface area contributed by atoms with Gasteiger partial charge in [0.2, 0.25) is 0 Å². The minimum atomic E-state index is 0.0438. The first kappa shape index (κ1) is 12.4. The number of benzene rings is 1. The summed E-state index contributed by atoms with van der Waals surface area (Å²) in [5.74, 6) is 0.0438. The van der Waals surface area contributed by atoms with Crippen molar-refractivity contribution in [2.24, 2.45) is 0 Å². The monoisotopic (exact) mass is 270 g/mol. The van der Waals surface area contributed by atoms with Crippen molar-refractivity contribution in [3.63, 3.8) is 0 Å². The van der Waals surface area contributed by atoms with E-state index in [9.17, 15) is 4.79 Å². The molecule has 0 unspecified atom stereocenters. The van der Waals surface area contributed by atoms with Crippen molar-refractivity contribution >= 4 is 21.7 Å². The van der Waals surface area contributed by atoms with Crippen molar-refractivity contribution in [3.05, 3.63) is 33.8 Å². The van der Waals surface area contributed by atoms with Gasteiger partial charge in [0.1, 0.15) is 6.61 Å². The quantitative estimate of drug-likeness (QED) is 0.606. The highest BCUT2D eigenvalue weighted by molar-refractivity contribution is 9.10. The van der Waals surface area contributed by atoms with Crippen LogP contribution in [-0.2, 0) is 4.74 Å². The third kappa shape index (κ3) is 3.43. The fourth-order valence-corrected chi connectivity index (χ4v) is 1.66. The molecule has 1 aromatic carbocycles. The fraction of sp³-hybridized carbons (Fsp3) is 0.417. The highest BCUT2D eigenvalue weighted by Gasteiger charge is 2.10. The maximum absolute atomic E-state index is 11.7. The Bertz CT molecular complexity index is 347. The summed E-state index contributed by atoms with van der Waals surface area (Å²) in [5, 5.41) is 0. The lowest BCUT2D eigenvalue weighted by Crippen LogP contribution is -2.11. The number of ether oxygens (including phenoxy) is 1. The van der Waals surface area contributed by atoms with Crippen molar-refractivity contribution in [1.29, 1.82) is 0 Å². The first-order valence-corrected chi connectivity index (χ1v) is 5.82. The lowest BCUT2D eigenvalue weighted by atomic mass is 10.1. The smallest absolute Gasteiger partial charge is 0.188 e. The van der Waals surface area contributed by atoms with Crippen molar-refractivity contribution in [2.75, 3.05) is 13.2 Å². The Morgan fingerprint density at radius 1 is 1.47 bits per heavy atom. The topological polar surface area (TPSA) is 26.3 Å². The van der Waals surface area contributed by atoms with Crippen molar-refractivity contribution < 1.29 is 9.53 Å². The van der Waals surface area contributed by atoms with Crippen LogP contribution in [0.25, 0.3) is 0 Å². The van der Waals surface area contributed by atoms with E-state index in [1.165, 1.54) is 0 Å². The van der Waals surface area contributed by atoms with Crippen molar-refractivity contribution in [2.45, 2.75) is 20.3 Å². The average molecular weight is 271 g/mol. The van der Waals surface area contributed by atoms with Crippen LogP contribution in [0.4, 0.5) is 0 Å². The van der Waals surface area contributed by atoms with Crippen LogP contribution in [0.15, 0.2) is 22.7 Å². The number of hydrogen-bond acceptors (Lipinski definition) is 2. The molecule has 0 bridgehead atoms. The second-order valence-corrected chi connectivity index (χ2v) is 4.24. The van der Waals surface area contributed by atoms with Gasteiger partial charge in [-0.05, 0) is 25.0 Å². The van der Waals surface area contributed by atoms with E-state index in [1.807, 2.05) is 32.0 Å². The molecule has 0 atom stereocenters. The SMILES string of the molecule is CCCOCC(=O)c1cccc(Br)c1C. The second-order valence-electron chi connectivity index (χ2n) is 3.39. The van der Waals surface area contributed by atoms with E-state index in [0.29, 0.717) is 6.61 Å². The van der Waals surface area contributed by atoms with Gasteiger partial charge in [0, 0.05) is 16.6 Å². The largest absolute Gasteiger partial charge is 0.373 e. The molecule has 1 rings (SSSR count). The van der Waals surface area contributed by atoms with Gasteiger partial charge in [0.15, 0.2) is 5.78 Å². The normalized spacial score (nSPS) is 10.3. The summed E-state index contributed by atoms with van der Waals surface area (Å²) in [6, 6.07) is 5.63. The lowest BCUT2D eigenvalue weighted by Gasteiger charge is -2.06. The molecule has 0 amide bonds. The molecule has 0 aliphatic rings. The maximum atomic E-state index is 11.7. The molecule has 0 aromatic heterocycles. The van der Waals surface area contributed by atoms with E-state index in [4.69, 9.17) is 4.74 Å². The summed E-state index contributed by atoms with van der Waals surface area (Å²) < 4.78 is 6.19. The van der Waals surface area contributed by atoms with E-state index in [-0.39, 0.29) is 12.4 Å². The van der Waals surface area contributed by atoms with Gasteiger partial charge < -0.3 is 4.74 Å². The van der Waals surface area contributed by atoms with Gasteiger partial charge >= 0.3 is 0 Å². The number of carbonyl (C=O) groups is 1. The second kappa shape index (κ2) is 6.03. The number of ketones is 1. The number of Topliss-reactive ketones (excluding diaryl/α,β-unsaturated/α-hetero) is 1. The third-order valence-corrected chi connectivity index (χ3v) is 3.01. The van der Waals surface area contributed by atoms with E-state index in [0.717, 1.165) is 22.0 Å². The fourth-order valence-electron chi connectivity index (χ4n) is 1.30. The Hall–Kier alpha value is -0.670. The summed E-state index contributed by atoms with van der Waals surface area (Å²) in [6.45, 7) is 4.76. The zero-order chi connectivity index (χ0) is 11.3. The molecule has 2 nitrogen and oxygen atoms in total. The molecule has 3 heteroatoms. The zero-order valence-electron chi connectivity index (χ0n) is 9.05. The van der Waals surface area contributed by atoms with Gasteiger partial charge in [0.05, 0.1) is 0 Å². The summed E-state index contributed by atoms with van der Waals surface area (Å²) in [4.78, 5) is 11.7. The molecule has 0 aliphatic carbocycles. The van der Waals surface area contributed by atoms with E-state index < -0.39 is 0 Å². The maximum Gasteiger partial charge on any atom is 0.188 e. The number of hydrogen-bond donors (Lipinski definition) is 0. The molecule has 0 aliphatic heterocycles. The predicted octanol–water partition coefficient (Wildman–Crippen LogP) is 3.37. The van der Waals surface area contributed by atoms with Crippen LogP contribution in [0, 0.1) is 6.92 Å². The molecular weight excluding hydrogens is 256 g/mol. The minimum Gasteiger partial charge on any atom is -0.373 e. The predicted molar refractivity (Wildman–Crippen MR) is 64.3 cm³/mol. The van der Waals surface area contributed by atoms with Gasteiger partial charge in [0.25, 0.3) is 0 Å². The van der Waals surface area contributed by atoms with Crippen LogP contribution in [0.5, 0.6) is 0 Å². The molecule has 0 saturated carbocycles. The first-order valence-electron chi connectivity index (χ1n) is 5.03. The number of halogens is 1. The molecule has 0 saturated heterocycles. The molecule has 0 N–H and O–H groups in total. The van der Waals surface area contributed by atoms with Gasteiger partial charge in [-0.3, -0.25) is 4.79 Å². The van der Waals surface area contributed by atoms with Gasteiger partial charge in [-0.1, -0.05) is 35.0 Å². The molecule has 15 heavy (non-hydrogen) atoms. The summed E-state index contributed by atoms with van der Waals surface area (Å²) in [6.07, 6.45) is 0.935. The number of carbonyl (C=O) groups excluding carboxylic acids is 1. The van der Waals surface area contributed by atoms with E-state index >= 15 is 0 Å². The molecule has 0 radical (unpaired) electrons. The highest BCUT2D eigenvalue weighted by Crippen LogP contribution is 2.19. The van der Waals surface area contributed by atoms with E-state index in [1.54, 1.807) is 0 Å². The van der Waals surface area contributed by atoms with Crippen LogP contribution in [0.2, 0.25) is 0 Å². The molecule has 82 valence electrons. The molecular formula is C12H15BrO2. The third-order valence-electron chi connectivity index (χ3n) is 2.15.